The topological polar surface area (TPSA) is 128 Å². The average molecular weight is 271 g/mol. The number of carbonyl (C=O) groups excluding carboxylic acids is 1. The van der Waals surface area contributed by atoms with Crippen molar-refractivity contribution in [3.05, 3.63) is 34.4 Å². The Morgan fingerprint density at radius 1 is 1.39 bits per heavy atom. The average Bonchev–Trinajstić information content (AvgIpc) is 3.12. The van der Waals surface area contributed by atoms with Crippen molar-refractivity contribution in [1.29, 1.82) is 0 Å². The number of carbonyl (C=O) groups is 1. The van der Waals surface area contributed by atoms with E-state index in [0.29, 0.717) is 6.54 Å². The summed E-state index contributed by atoms with van der Waals surface area (Å²) < 4.78 is 25.3. The first-order chi connectivity index (χ1) is 8.40. The van der Waals surface area contributed by atoms with Gasteiger partial charge in [0.25, 0.3) is 21.6 Å². The molecule has 2 rings (SSSR count). The molecule has 1 aromatic rings. The van der Waals surface area contributed by atoms with Crippen LogP contribution >= 0.6 is 0 Å². The van der Waals surface area contributed by atoms with Crippen LogP contribution in [0.2, 0.25) is 0 Å². The van der Waals surface area contributed by atoms with E-state index in [-0.39, 0.29) is 10.6 Å². The fourth-order valence-electron chi connectivity index (χ4n) is 1.25. The Balaban J connectivity index is 2.18. The predicted octanol–water partition coefficient (Wildman–Crippen LogP) is -0.629. The number of hydrogen-bond acceptors (Lipinski definition) is 6. The number of nitrogens with one attached hydrogen (secondary N) is 2. The van der Waals surface area contributed by atoms with Gasteiger partial charge in [0.1, 0.15) is 6.04 Å². The number of nitro benzene ring substituents is 1. The molecule has 2 N–H and O–H groups in total. The van der Waals surface area contributed by atoms with Crippen molar-refractivity contribution < 1.29 is 18.1 Å². The molecular weight excluding hydrogens is 262 g/mol. The first-order valence-corrected chi connectivity index (χ1v) is 6.43. The highest BCUT2D eigenvalue weighted by Gasteiger charge is 2.32. The maximum Gasteiger partial charge on any atom is 0.269 e. The highest BCUT2D eigenvalue weighted by molar-refractivity contribution is 7.90. The number of sulfonamides is 1. The number of hydrogen-bond donors (Lipinski definition) is 2. The molecule has 1 aromatic carbocycles. The Kier molecular flexibility index (Phi) is 3.01. The first-order valence-electron chi connectivity index (χ1n) is 4.94. The summed E-state index contributed by atoms with van der Waals surface area (Å²) in [6.07, 6.45) is 0. The quantitative estimate of drug-likeness (QED) is 0.426. The smallest absolute Gasteiger partial charge is 0.269 e. The molecule has 0 aromatic heterocycles. The van der Waals surface area contributed by atoms with E-state index in [0.717, 1.165) is 24.3 Å². The van der Waals surface area contributed by atoms with Crippen LogP contribution in [0.25, 0.3) is 0 Å². The van der Waals surface area contributed by atoms with Gasteiger partial charge in [0.15, 0.2) is 0 Å². The van der Waals surface area contributed by atoms with Gasteiger partial charge in [-0.15, -0.1) is 0 Å². The molecule has 18 heavy (non-hydrogen) atoms. The fraction of sp³-hybridized carbons (Fsp3) is 0.222. The Hall–Kier alpha value is -2.00. The minimum Gasteiger partial charge on any atom is -0.303 e. The first kappa shape index (κ1) is 12.5. The number of benzene rings is 1. The number of rotatable bonds is 4. The zero-order valence-electron chi connectivity index (χ0n) is 8.99. The summed E-state index contributed by atoms with van der Waals surface area (Å²) in [5, 5.41) is 13.1. The lowest BCUT2D eigenvalue weighted by molar-refractivity contribution is -0.384. The van der Waals surface area contributed by atoms with Crippen LogP contribution in [0.3, 0.4) is 0 Å². The van der Waals surface area contributed by atoms with Crippen LogP contribution in [0.5, 0.6) is 0 Å². The Bertz CT molecular complexity index is 591. The van der Waals surface area contributed by atoms with Crippen molar-refractivity contribution in [2.75, 3.05) is 6.54 Å². The number of amides is 1. The standard InChI is InChI=1S/C9H9N3O5S/c13-9(8-5-10-8)11-18(16,17)7-3-1-6(2-4-7)12(14)15/h1-4,8,10H,5H2,(H,11,13). The molecule has 1 fully saturated rings. The summed E-state index contributed by atoms with van der Waals surface area (Å²) in [6.45, 7) is 0.446. The van der Waals surface area contributed by atoms with Gasteiger partial charge < -0.3 is 5.32 Å². The van der Waals surface area contributed by atoms with E-state index in [9.17, 15) is 23.3 Å². The zero-order chi connectivity index (χ0) is 13.3. The largest absolute Gasteiger partial charge is 0.303 e. The van der Waals surface area contributed by atoms with Gasteiger partial charge in [0, 0.05) is 18.7 Å². The van der Waals surface area contributed by atoms with Gasteiger partial charge in [-0.2, -0.15) is 0 Å². The Labute approximate surface area is 102 Å². The van der Waals surface area contributed by atoms with Gasteiger partial charge in [-0.05, 0) is 12.1 Å². The van der Waals surface area contributed by atoms with Gasteiger partial charge in [-0.25, -0.2) is 13.1 Å². The second kappa shape index (κ2) is 4.35. The highest BCUT2D eigenvalue weighted by atomic mass is 32.2. The van der Waals surface area contributed by atoms with Crippen molar-refractivity contribution in [2.24, 2.45) is 0 Å². The van der Waals surface area contributed by atoms with Crippen LogP contribution in [0.4, 0.5) is 5.69 Å². The van der Waals surface area contributed by atoms with E-state index in [2.05, 4.69) is 5.32 Å². The van der Waals surface area contributed by atoms with Crippen molar-refractivity contribution in [2.45, 2.75) is 10.9 Å². The molecule has 96 valence electrons. The van der Waals surface area contributed by atoms with Gasteiger partial charge >= 0.3 is 0 Å². The van der Waals surface area contributed by atoms with Crippen LogP contribution < -0.4 is 10.0 Å². The van der Waals surface area contributed by atoms with Crippen molar-refractivity contribution in [3.63, 3.8) is 0 Å². The third kappa shape index (κ3) is 2.63. The van der Waals surface area contributed by atoms with E-state index in [1.165, 1.54) is 0 Å². The van der Waals surface area contributed by atoms with Crippen LogP contribution in [0.15, 0.2) is 29.2 Å². The van der Waals surface area contributed by atoms with Gasteiger partial charge in [-0.1, -0.05) is 0 Å². The maximum atomic E-state index is 11.7. The molecule has 0 radical (unpaired) electrons. The molecule has 0 aliphatic carbocycles. The SMILES string of the molecule is O=C(NS(=O)(=O)c1ccc([N+](=O)[O-])cc1)C1CN1. The van der Waals surface area contributed by atoms with Crippen LogP contribution in [-0.4, -0.2) is 31.8 Å². The van der Waals surface area contributed by atoms with Crippen LogP contribution in [0.1, 0.15) is 0 Å². The lowest BCUT2D eigenvalue weighted by atomic mass is 10.3. The molecule has 1 unspecified atom stereocenters. The molecule has 1 aliphatic heterocycles. The number of nitrogens with zero attached hydrogens (tertiary/aromatic N) is 1. The van der Waals surface area contributed by atoms with E-state index < -0.39 is 26.9 Å². The summed E-state index contributed by atoms with van der Waals surface area (Å²) >= 11 is 0. The Morgan fingerprint density at radius 2 is 1.94 bits per heavy atom. The molecule has 1 atom stereocenters. The van der Waals surface area contributed by atoms with E-state index in [4.69, 9.17) is 0 Å². The molecule has 0 bridgehead atoms. The minimum absolute atomic E-state index is 0.192. The van der Waals surface area contributed by atoms with Crippen LogP contribution in [0, 0.1) is 10.1 Å². The molecule has 1 aliphatic rings. The molecule has 1 amide bonds. The van der Waals surface area contributed by atoms with E-state index in [1.807, 2.05) is 4.72 Å². The van der Waals surface area contributed by atoms with Gasteiger partial charge in [0.2, 0.25) is 0 Å². The lowest BCUT2D eigenvalue weighted by Gasteiger charge is -2.05. The fourth-order valence-corrected chi connectivity index (χ4v) is 2.27. The molecule has 0 saturated carbocycles. The normalized spacial score (nSPS) is 18.1. The van der Waals surface area contributed by atoms with Crippen LogP contribution in [-0.2, 0) is 14.8 Å². The third-order valence-electron chi connectivity index (χ3n) is 2.32. The van der Waals surface area contributed by atoms with E-state index in [1.54, 1.807) is 0 Å². The monoisotopic (exact) mass is 271 g/mol. The molecule has 8 nitrogen and oxygen atoms in total. The van der Waals surface area contributed by atoms with Crippen molar-refractivity contribution in [1.82, 2.24) is 10.0 Å². The summed E-state index contributed by atoms with van der Waals surface area (Å²) in [5.41, 5.74) is -0.218. The second-order valence-electron chi connectivity index (χ2n) is 3.68. The second-order valence-corrected chi connectivity index (χ2v) is 5.36. The summed E-state index contributed by atoms with van der Waals surface area (Å²) in [5.74, 6) is -0.631. The number of nitro groups is 1. The van der Waals surface area contributed by atoms with Gasteiger partial charge in [0.05, 0.1) is 9.82 Å². The lowest BCUT2D eigenvalue weighted by Crippen LogP contribution is -2.34. The van der Waals surface area contributed by atoms with E-state index >= 15 is 0 Å². The van der Waals surface area contributed by atoms with Crippen molar-refractivity contribution in [3.8, 4) is 0 Å². The zero-order valence-corrected chi connectivity index (χ0v) is 9.81. The Morgan fingerprint density at radius 3 is 2.39 bits per heavy atom. The minimum atomic E-state index is -3.97. The molecular formula is C9H9N3O5S. The summed E-state index contributed by atoms with van der Waals surface area (Å²) in [4.78, 5) is 20.9. The molecule has 1 saturated heterocycles. The van der Waals surface area contributed by atoms with Crippen molar-refractivity contribution >= 4 is 21.6 Å². The maximum absolute atomic E-state index is 11.7. The van der Waals surface area contributed by atoms with Gasteiger partial charge in [-0.3, -0.25) is 14.9 Å². The highest BCUT2D eigenvalue weighted by Crippen LogP contribution is 2.15. The predicted molar refractivity (Wildman–Crippen MR) is 60.2 cm³/mol. The molecule has 9 heteroatoms. The molecule has 1 heterocycles. The molecule has 0 spiro atoms. The summed E-state index contributed by atoms with van der Waals surface area (Å²) in [6, 6.07) is 3.81. The number of non-ortho nitro benzene ring substituents is 1. The third-order valence-corrected chi connectivity index (χ3v) is 3.68. The summed E-state index contributed by atoms with van der Waals surface area (Å²) in [7, 11) is -3.97.